The SMILES string of the molecule is CCOPc1ccccc1.Cl. The molecule has 1 rings (SSSR count). The van der Waals surface area contributed by atoms with E-state index < -0.39 is 0 Å². The van der Waals surface area contributed by atoms with Crippen molar-refractivity contribution in [2.75, 3.05) is 6.61 Å². The quantitative estimate of drug-likeness (QED) is 0.665. The van der Waals surface area contributed by atoms with Crippen molar-refractivity contribution >= 4 is 26.5 Å². The third-order valence-corrected chi connectivity index (χ3v) is 2.11. The number of benzene rings is 1. The lowest BCUT2D eigenvalue weighted by Gasteiger charge is -1.98. The van der Waals surface area contributed by atoms with Crippen molar-refractivity contribution in [3.05, 3.63) is 30.3 Å². The van der Waals surface area contributed by atoms with E-state index in [2.05, 4.69) is 12.1 Å². The summed E-state index contributed by atoms with van der Waals surface area (Å²) < 4.78 is 5.25. The minimum atomic E-state index is 0. The van der Waals surface area contributed by atoms with Crippen molar-refractivity contribution in [2.24, 2.45) is 0 Å². The number of rotatable bonds is 3. The Balaban J connectivity index is 0.000001000. The van der Waals surface area contributed by atoms with Gasteiger partial charge in [0.2, 0.25) is 0 Å². The van der Waals surface area contributed by atoms with Crippen molar-refractivity contribution < 1.29 is 4.52 Å². The monoisotopic (exact) mass is 190 g/mol. The summed E-state index contributed by atoms with van der Waals surface area (Å²) in [5, 5.41) is 1.27. The first-order valence-corrected chi connectivity index (χ1v) is 4.27. The van der Waals surface area contributed by atoms with Crippen molar-refractivity contribution in [1.82, 2.24) is 0 Å². The maximum Gasteiger partial charge on any atom is 0.0481 e. The minimum Gasteiger partial charge on any atom is -0.358 e. The lowest BCUT2D eigenvalue weighted by Crippen LogP contribution is -1.92. The Morgan fingerprint density at radius 1 is 1.27 bits per heavy atom. The molecular weight excluding hydrogens is 179 g/mol. The molecule has 0 spiro atoms. The third-order valence-electron chi connectivity index (χ3n) is 1.11. The van der Waals surface area contributed by atoms with Crippen molar-refractivity contribution in [2.45, 2.75) is 6.92 Å². The van der Waals surface area contributed by atoms with Crippen LogP contribution in [0.5, 0.6) is 0 Å². The summed E-state index contributed by atoms with van der Waals surface area (Å²) in [5.74, 6) is 0. The highest BCUT2D eigenvalue weighted by Crippen LogP contribution is 2.09. The molecule has 3 heteroatoms. The topological polar surface area (TPSA) is 9.23 Å². The van der Waals surface area contributed by atoms with Crippen molar-refractivity contribution in [1.29, 1.82) is 0 Å². The molecule has 11 heavy (non-hydrogen) atoms. The van der Waals surface area contributed by atoms with Gasteiger partial charge in [0, 0.05) is 15.4 Å². The van der Waals surface area contributed by atoms with Crippen LogP contribution in [0, 0.1) is 0 Å². The fourth-order valence-corrected chi connectivity index (χ4v) is 1.30. The summed E-state index contributed by atoms with van der Waals surface area (Å²) >= 11 is 0. The van der Waals surface area contributed by atoms with Crippen LogP contribution in [-0.2, 0) is 4.52 Å². The molecule has 1 aromatic rings. The molecule has 62 valence electrons. The summed E-state index contributed by atoms with van der Waals surface area (Å²) in [6, 6.07) is 10.2. The highest BCUT2D eigenvalue weighted by atomic mass is 35.5. The zero-order valence-electron chi connectivity index (χ0n) is 6.41. The maximum atomic E-state index is 5.25. The average Bonchev–Trinajstić information content (AvgIpc) is 2.03. The van der Waals surface area contributed by atoms with Gasteiger partial charge in [-0.25, -0.2) is 0 Å². The zero-order chi connectivity index (χ0) is 7.23. The fourth-order valence-electron chi connectivity index (χ4n) is 0.662. The van der Waals surface area contributed by atoms with Crippen LogP contribution in [0.25, 0.3) is 0 Å². The molecule has 0 aromatic heterocycles. The predicted octanol–water partition coefficient (Wildman–Crippen LogP) is 2.36. The molecule has 0 fully saturated rings. The van der Waals surface area contributed by atoms with Gasteiger partial charge in [-0.1, -0.05) is 30.3 Å². The van der Waals surface area contributed by atoms with Gasteiger partial charge < -0.3 is 4.52 Å². The van der Waals surface area contributed by atoms with Crippen LogP contribution in [0.3, 0.4) is 0 Å². The number of hydrogen-bond donors (Lipinski definition) is 0. The molecule has 0 aliphatic carbocycles. The molecule has 1 unspecified atom stereocenters. The summed E-state index contributed by atoms with van der Waals surface area (Å²) in [7, 11) is 0.504. The van der Waals surface area contributed by atoms with Crippen LogP contribution in [-0.4, -0.2) is 6.61 Å². The second-order valence-corrected chi connectivity index (χ2v) is 2.97. The predicted molar refractivity (Wildman–Crippen MR) is 53.3 cm³/mol. The van der Waals surface area contributed by atoms with E-state index >= 15 is 0 Å². The normalized spacial score (nSPS) is 9.91. The molecule has 1 nitrogen and oxygen atoms in total. The Bertz CT molecular complexity index is 179. The average molecular weight is 191 g/mol. The Kier molecular flexibility index (Phi) is 6.54. The first-order chi connectivity index (χ1) is 4.93. The minimum absolute atomic E-state index is 0. The van der Waals surface area contributed by atoms with Crippen molar-refractivity contribution in [3.63, 3.8) is 0 Å². The van der Waals surface area contributed by atoms with Crippen LogP contribution in [0.15, 0.2) is 30.3 Å². The van der Waals surface area contributed by atoms with E-state index in [1.165, 1.54) is 5.30 Å². The standard InChI is InChI=1S/C8H11OP.ClH/c1-2-9-10-8-6-4-3-5-7-8;/h3-7,10H,2H2,1H3;1H. The summed E-state index contributed by atoms with van der Waals surface area (Å²) in [6.45, 7) is 2.81. The number of hydrogen-bond acceptors (Lipinski definition) is 1. The molecule has 1 aromatic carbocycles. The van der Waals surface area contributed by atoms with Gasteiger partial charge in [-0.2, -0.15) is 0 Å². The van der Waals surface area contributed by atoms with Crippen molar-refractivity contribution in [3.8, 4) is 0 Å². The molecule has 0 N–H and O–H groups in total. The van der Waals surface area contributed by atoms with Crippen LogP contribution < -0.4 is 5.30 Å². The Morgan fingerprint density at radius 2 is 1.91 bits per heavy atom. The van der Waals surface area contributed by atoms with Gasteiger partial charge in [0.05, 0.1) is 0 Å². The molecule has 0 heterocycles. The number of halogens is 1. The molecule has 0 aliphatic rings. The largest absolute Gasteiger partial charge is 0.358 e. The first kappa shape index (κ1) is 10.9. The van der Waals surface area contributed by atoms with E-state index in [0.29, 0.717) is 8.81 Å². The molecule has 1 atom stereocenters. The molecule has 0 saturated carbocycles. The molecule has 0 bridgehead atoms. The van der Waals surface area contributed by atoms with Crippen LogP contribution in [0.4, 0.5) is 0 Å². The Labute approximate surface area is 75.4 Å². The van der Waals surface area contributed by atoms with E-state index in [1.807, 2.05) is 25.1 Å². The van der Waals surface area contributed by atoms with Gasteiger partial charge in [-0.3, -0.25) is 0 Å². The summed E-state index contributed by atoms with van der Waals surface area (Å²) in [5.41, 5.74) is 0. The molecule has 0 saturated heterocycles. The highest BCUT2D eigenvalue weighted by Gasteiger charge is 1.87. The molecular formula is C8H12ClOP. The van der Waals surface area contributed by atoms with Gasteiger partial charge in [-0.15, -0.1) is 12.4 Å². The summed E-state index contributed by atoms with van der Waals surface area (Å²) in [4.78, 5) is 0. The van der Waals surface area contributed by atoms with Gasteiger partial charge >= 0.3 is 0 Å². The van der Waals surface area contributed by atoms with Gasteiger partial charge in [-0.05, 0) is 12.2 Å². The summed E-state index contributed by atoms with van der Waals surface area (Å²) in [6.07, 6.45) is 0. The van der Waals surface area contributed by atoms with Crippen LogP contribution in [0.2, 0.25) is 0 Å². The molecule has 0 radical (unpaired) electrons. The smallest absolute Gasteiger partial charge is 0.0481 e. The van der Waals surface area contributed by atoms with E-state index in [0.717, 1.165) is 6.61 Å². The lowest BCUT2D eigenvalue weighted by molar-refractivity contribution is 0.394. The van der Waals surface area contributed by atoms with E-state index in [-0.39, 0.29) is 12.4 Å². The van der Waals surface area contributed by atoms with E-state index in [4.69, 9.17) is 4.52 Å². The Hall–Kier alpha value is -0.100. The zero-order valence-corrected chi connectivity index (χ0v) is 8.23. The third kappa shape index (κ3) is 4.36. The Morgan fingerprint density at radius 3 is 2.45 bits per heavy atom. The fraction of sp³-hybridized carbons (Fsp3) is 0.250. The lowest BCUT2D eigenvalue weighted by atomic mass is 10.4. The first-order valence-electron chi connectivity index (χ1n) is 3.36. The van der Waals surface area contributed by atoms with Crippen LogP contribution >= 0.6 is 21.2 Å². The van der Waals surface area contributed by atoms with Gasteiger partial charge in [0.25, 0.3) is 0 Å². The highest BCUT2D eigenvalue weighted by molar-refractivity contribution is 7.41. The second kappa shape index (κ2) is 6.60. The molecule has 0 aliphatic heterocycles. The van der Waals surface area contributed by atoms with Gasteiger partial charge in [0.15, 0.2) is 0 Å². The molecule has 0 amide bonds. The van der Waals surface area contributed by atoms with E-state index in [1.54, 1.807) is 0 Å². The second-order valence-electron chi connectivity index (χ2n) is 1.90. The van der Waals surface area contributed by atoms with Gasteiger partial charge in [0.1, 0.15) is 0 Å². The van der Waals surface area contributed by atoms with Crippen LogP contribution in [0.1, 0.15) is 6.92 Å². The maximum absolute atomic E-state index is 5.25. The van der Waals surface area contributed by atoms with E-state index in [9.17, 15) is 0 Å².